The number of aliphatic carboxylic acids is 1. The van der Waals surface area contributed by atoms with Crippen LogP contribution >= 0.6 is 11.6 Å². The zero-order valence-electron chi connectivity index (χ0n) is 9.09. The molecule has 2 N–H and O–H groups in total. The Balaban J connectivity index is 2.03. The van der Waals surface area contributed by atoms with Gasteiger partial charge in [0, 0.05) is 17.3 Å². The molecule has 1 saturated carbocycles. The third-order valence-corrected chi connectivity index (χ3v) is 3.35. The van der Waals surface area contributed by atoms with Crippen LogP contribution in [-0.4, -0.2) is 17.6 Å². The number of carboxylic acid groups (broad SMARTS) is 1. The maximum atomic E-state index is 11.0. The van der Waals surface area contributed by atoms with E-state index >= 15 is 0 Å². The second-order valence-corrected chi connectivity index (χ2v) is 4.83. The molecule has 4 heteroatoms. The summed E-state index contributed by atoms with van der Waals surface area (Å²) in [6.45, 7) is 2.44. The minimum absolute atomic E-state index is 0.491. The minimum Gasteiger partial charge on any atom is -0.481 e. The van der Waals surface area contributed by atoms with Gasteiger partial charge in [0.05, 0.1) is 5.41 Å². The topological polar surface area (TPSA) is 49.3 Å². The van der Waals surface area contributed by atoms with E-state index in [2.05, 4.69) is 5.32 Å². The number of hydrogen-bond acceptors (Lipinski definition) is 2. The smallest absolute Gasteiger partial charge is 0.311 e. The van der Waals surface area contributed by atoms with Crippen LogP contribution in [0.15, 0.2) is 18.2 Å². The number of rotatable bonds is 4. The van der Waals surface area contributed by atoms with E-state index in [1.807, 2.05) is 19.1 Å². The minimum atomic E-state index is -0.702. The first-order valence-electron chi connectivity index (χ1n) is 5.27. The van der Waals surface area contributed by atoms with Gasteiger partial charge in [-0.15, -0.1) is 0 Å². The first kappa shape index (κ1) is 11.3. The highest BCUT2D eigenvalue weighted by atomic mass is 35.5. The molecule has 0 heterocycles. The molecule has 0 aliphatic heterocycles. The van der Waals surface area contributed by atoms with Crippen LogP contribution < -0.4 is 5.32 Å². The number of anilines is 1. The molecule has 1 aromatic rings. The summed E-state index contributed by atoms with van der Waals surface area (Å²) in [7, 11) is 0. The van der Waals surface area contributed by atoms with E-state index < -0.39 is 11.4 Å². The van der Waals surface area contributed by atoms with E-state index in [0.29, 0.717) is 11.6 Å². The van der Waals surface area contributed by atoms with Gasteiger partial charge >= 0.3 is 5.97 Å². The van der Waals surface area contributed by atoms with E-state index in [9.17, 15) is 4.79 Å². The van der Waals surface area contributed by atoms with Gasteiger partial charge in [0.25, 0.3) is 0 Å². The molecule has 2 rings (SSSR count). The van der Waals surface area contributed by atoms with Gasteiger partial charge in [0.15, 0.2) is 0 Å². The van der Waals surface area contributed by atoms with Crippen molar-refractivity contribution < 1.29 is 9.90 Å². The molecule has 0 spiro atoms. The van der Waals surface area contributed by atoms with Crippen LogP contribution in [0, 0.1) is 12.3 Å². The third-order valence-electron chi connectivity index (χ3n) is 3.11. The average molecular weight is 240 g/mol. The Morgan fingerprint density at radius 3 is 2.75 bits per heavy atom. The van der Waals surface area contributed by atoms with Gasteiger partial charge < -0.3 is 10.4 Å². The van der Waals surface area contributed by atoms with Crippen LogP contribution in [-0.2, 0) is 4.79 Å². The normalized spacial score (nSPS) is 16.9. The van der Waals surface area contributed by atoms with Crippen molar-refractivity contribution in [2.24, 2.45) is 5.41 Å². The summed E-state index contributed by atoms with van der Waals surface area (Å²) in [6.07, 6.45) is 1.53. The average Bonchev–Trinajstić information content (AvgIpc) is 2.97. The summed E-state index contributed by atoms with van der Waals surface area (Å²) in [4.78, 5) is 11.0. The lowest BCUT2D eigenvalue weighted by atomic mass is 10.1. The van der Waals surface area contributed by atoms with Gasteiger partial charge in [0.2, 0.25) is 0 Å². The highest BCUT2D eigenvalue weighted by Crippen LogP contribution is 2.45. The molecule has 16 heavy (non-hydrogen) atoms. The van der Waals surface area contributed by atoms with Crippen LogP contribution in [0.4, 0.5) is 5.69 Å². The van der Waals surface area contributed by atoms with Crippen LogP contribution in [0.2, 0.25) is 5.02 Å². The zero-order chi connectivity index (χ0) is 11.8. The molecule has 0 unspecified atom stereocenters. The number of carboxylic acids is 1. The van der Waals surface area contributed by atoms with Gasteiger partial charge in [-0.25, -0.2) is 0 Å². The van der Waals surface area contributed by atoms with E-state index in [4.69, 9.17) is 16.7 Å². The Hall–Kier alpha value is -1.22. The number of benzene rings is 1. The highest BCUT2D eigenvalue weighted by molar-refractivity contribution is 6.30. The van der Waals surface area contributed by atoms with Crippen molar-refractivity contribution in [1.29, 1.82) is 0 Å². The molecule has 1 fully saturated rings. The first-order chi connectivity index (χ1) is 7.53. The largest absolute Gasteiger partial charge is 0.481 e. The lowest BCUT2D eigenvalue weighted by Crippen LogP contribution is -2.24. The fourth-order valence-electron chi connectivity index (χ4n) is 1.71. The zero-order valence-corrected chi connectivity index (χ0v) is 9.84. The second kappa shape index (κ2) is 3.98. The molecule has 0 saturated heterocycles. The van der Waals surface area contributed by atoms with Crippen molar-refractivity contribution in [3.63, 3.8) is 0 Å². The summed E-state index contributed by atoms with van der Waals surface area (Å²) in [6, 6.07) is 5.55. The number of carbonyl (C=O) groups is 1. The van der Waals surface area contributed by atoms with E-state index in [1.54, 1.807) is 6.07 Å². The molecule has 3 nitrogen and oxygen atoms in total. The van der Waals surface area contributed by atoms with Crippen molar-refractivity contribution in [3.8, 4) is 0 Å². The number of hydrogen-bond donors (Lipinski definition) is 2. The number of aryl methyl sites for hydroxylation is 1. The summed E-state index contributed by atoms with van der Waals surface area (Å²) >= 11 is 5.85. The van der Waals surface area contributed by atoms with Crippen LogP contribution in [0.1, 0.15) is 18.4 Å². The van der Waals surface area contributed by atoms with Gasteiger partial charge in [-0.05, 0) is 43.5 Å². The van der Waals surface area contributed by atoms with E-state index in [-0.39, 0.29) is 0 Å². The molecule has 0 bridgehead atoms. The molecular formula is C12H14ClNO2. The Kier molecular flexibility index (Phi) is 2.80. The van der Waals surface area contributed by atoms with Crippen LogP contribution in [0.3, 0.4) is 0 Å². The molecule has 0 aromatic heterocycles. The van der Waals surface area contributed by atoms with Crippen molar-refractivity contribution in [2.75, 3.05) is 11.9 Å². The molecule has 1 aliphatic carbocycles. The van der Waals surface area contributed by atoms with Crippen molar-refractivity contribution >= 4 is 23.3 Å². The summed E-state index contributed by atoms with van der Waals surface area (Å²) in [5, 5.41) is 12.9. The first-order valence-corrected chi connectivity index (χ1v) is 5.65. The predicted molar refractivity (Wildman–Crippen MR) is 64.0 cm³/mol. The molecular weight excluding hydrogens is 226 g/mol. The van der Waals surface area contributed by atoms with Crippen molar-refractivity contribution in [2.45, 2.75) is 19.8 Å². The monoisotopic (exact) mass is 239 g/mol. The fourth-order valence-corrected chi connectivity index (χ4v) is 1.93. The standard InChI is InChI=1S/C12H14ClNO2/c1-8-6-9(13)2-3-10(8)14-7-12(4-5-12)11(15)16/h2-3,6,14H,4-5,7H2,1H3,(H,15,16). The van der Waals surface area contributed by atoms with Gasteiger partial charge in [0.1, 0.15) is 0 Å². The molecule has 0 amide bonds. The third kappa shape index (κ3) is 2.14. The SMILES string of the molecule is Cc1cc(Cl)ccc1NCC1(C(=O)O)CC1. The predicted octanol–water partition coefficient (Wildman–Crippen LogP) is 2.93. The summed E-state index contributed by atoms with van der Waals surface area (Å²) in [5.74, 6) is -0.702. The Morgan fingerprint density at radius 2 is 2.25 bits per heavy atom. The molecule has 0 atom stereocenters. The van der Waals surface area contributed by atoms with Crippen LogP contribution in [0.25, 0.3) is 0 Å². The number of nitrogens with one attached hydrogen (secondary N) is 1. The van der Waals surface area contributed by atoms with Gasteiger partial charge in [-0.3, -0.25) is 4.79 Å². The summed E-state index contributed by atoms with van der Waals surface area (Å²) in [5.41, 5.74) is 1.46. The van der Waals surface area contributed by atoms with Gasteiger partial charge in [-0.2, -0.15) is 0 Å². The molecule has 1 aromatic carbocycles. The van der Waals surface area contributed by atoms with Gasteiger partial charge in [-0.1, -0.05) is 11.6 Å². The highest BCUT2D eigenvalue weighted by Gasteiger charge is 2.49. The molecule has 0 radical (unpaired) electrons. The second-order valence-electron chi connectivity index (χ2n) is 4.40. The lowest BCUT2D eigenvalue weighted by Gasteiger charge is -2.14. The Morgan fingerprint density at radius 1 is 1.56 bits per heavy atom. The van der Waals surface area contributed by atoms with Crippen molar-refractivity contribution in [3.05, 3.63) is 28.8 Å². The van der Waals surface area contributed by atoms with E-state index in [1.165, 1.54) is 0 Å². The quantitative estimate of drug-likeness (QED) is 0.850. The van der Waals surface area contributed by atoms with E-state index in [0.717, 1.165) is 24.1 Å². The van der Waals surface area contributed by atoms with Crippen molar-refractivity contribution in [1.82, 2.24) is 0 Å². The maximum absolute atomic E-state index is 11.0. The lowest BCUT2D eigenvalue weighted by molar-refractivity contribution is -0.142. The Bertz CT molecular complexity index is 427. The number of halogens is 1. The molecule has 1 aliphatic rings. The summed E-state index contributed by atoms with van der Waals surface area (Å²) < 4.78 is 0. The Labute approximate surface area is 99.4 Å². The maximum Gasteiger partial charge on any atom is 0.311 e. The fraction of sp³-hybridized carbons (Fsp3) is 0.417. The van der Waals surface area contributed by atoms with Crippen LogP contribution in [0.5, 0.6) is 0 Å². The molecule has 86 valence electrons.